The van der Waals surface area contributed by atoms with Crippen molar-refractivity contribution >= 4 is 17.4 Å². The molecule has 0 spiro atoms. The van der Waals surface area contributed by atoms with E-state index in [9.17, 15) is 4.79 Å². The highest BCUT2D eigenvalue weighted by Crippen LogP contribution is 2.26. The molecule has 136 valence electrons. The summed E-state index contributed by atoms with van der Waals surface area (Å²) in [5, 5.41) is 8.71. The molecule has 2 aromatic heterocycles. The summed E-state index contributed by atoms with van der Waals surface area (Å²) in [7, 11) is 1.73. The van der Waals surface area contributed by atoms with Gasteiger partial charge < -0.3 is 13.9 Å². The van der Waals surface area contributed by atoms with E-state index < -0.39 is 0 Å². The molecule has 0 bridgehead atoms. The molecule has 0 amide bonds. The fraction of sp³-hybridized carbons (Fsp3) is 0.316. The lowest BCUT2D eigenvalue weighted by molar-refractivity contribution is 0.466. The molecule has 26 heavy (non-hydrogen) atoms. The highest BCUT2D eigenvalue weighted by molar-refractivity contribution is 7.98. The molecule has 0 saturated carbocycles. The van der Waals surface area contributed by atoms with Crippen molar-refractivity contribution < 1.29 is 4.42 Å². The third-order valence-electron chi connectivity index (χ3n) is 4.18. The Morgan fingerprint density at radius 3 is 2.50 bits per heavy atom. The van der Waals surface area contributed by atoms with Crippen LogP contribution < -0.4 is 10.5 Å². The van der Waals surface area contributed by atoms with Crippen LogP contribution in [0, 0.1) is 0 Å². The molecule has 0 aliphatic carbocycles. The van der Waals surface area contributed by atoms with E-state index in [-0.39, 0.29) is 5.56 Å². The summed E-state index contributed by atoms with van der Waals surface area (Å²) in [5.74, 6) is 1.11. The van der Waals surface area contributed by atoms with Gasteiger partial charge in [-0.15, -0.1) is 10.2 Å². The van der Waals surface area contributed by atoms with Crippen LogP contribution in [0.4, 0.5) is 5.69 Å². The molecule has 0 N–H and O–H groups in total. The van der Waals surface area contributed by atoms with Crippen LogP contribution in [0.25, 0.3) is 11.5 Å². The van der Waals surface area contributed by atoms with Gasteiger partial charge in [-0.3, -0.25) is 4.79 Å². The molecular weight excluding hydrogens is 348 g/mol. The van der Waals surface area contributed by atoms with Crippen molar-refractivity contribution in [2.45, 2.75) is 24.8 Å². The predicted octanol–water partition coefficient (Wildman–Crippen LogP) is 3.57. The molecule has 0 saturated heterocycles. The Morgan fingerprint density at radius 2 is 1.85 bits per heavy atom. The van der Waals surface area contributed by atoms with Crippen molar-refractivity contribution in [3.63, 3.8) is 0 Å². The predicted molar refractivity (Wildman–Crippen MR) is 105 cm³/mol. The van der Waals surface area contributed by atoms with E-state index in [2.05, 4.69) is 41.1 Å². The zero-order chi connectivity index (χ0) is 18.5. The summed E-state index contributed by atoms with van der Waals surface area (Å²) in [4.78, 5) is 13.9. The fourth-order valence-corrected chi connectivity index (χ4v) is 3.32. The molecule has 0 fully saturated rings. The normalized spacial score (nSPS) is 10.9. The SMILES string of the molecule is CCN(CC)c1ccc(-c2nnc(SCc3ccn(C)c(=O)c3)o2)cc1. The number of rotatable bonds is 7. The lowest BCUT2D eigenvalue weighted by atomic mass is 10.2. The molecule has 2 heterocycles. The lowest BCUT2D eigenvalue weighted by Crippen LogP contribution is -2.21. The molecular formula is C19H22N4O2S. The maximum absolute atomic E-state index is 11.7. The standard InChI is InChI=1S/C19H22N4O2S/c1-4-23(5-2)16-8-6-15(7-9-16)18-20-21-19(25-18)26-13-14-10-11-22(3)17(24)12-14/h6-12H,4-5,13H2,1-3H3. The van der Waals surface area contributed by atoms with E-state index in [4.69, 9.17) is 4.42 Å². The second kappa shape index (κ2) is 8.23. The zero-order valence-electron chi connectivity index (χ0n) is 15.2. The van der Waals surface area contributed by atoms with Crippen molar-refractivity contribution in [1.82, 2.24) is 14.8 Å². The lowest BCUT2D eigenvalue weighted by Gasteiger charge is -2.20. The molecule has 3 aromatic rings. The monoisotopic (exact) mass is 370 g/mol. The van der Waals surface area contributed by atoms with E-state index >= 15 is 0 Å². The first-order valence-corrected chi connectivity index (χ1v) is 9.56. The Bertz CT molecular complexity index is 914. The Morgan fingerprint density at radius 1 is 1.12 bits per heavy atom. The summed E-state index contributed by atoms with van der Waals surface area (Å²) in [6, 6.07) is 11.7. The highest BCUT2D eigenvalue weighted by atomic mass is 32.2. The molecule has 6 nitrogen and oxygen atoms in total. The van der Waals surface area contributed by atoms with Crippen LogP contribution in [0.5, 0.6) is 0 Å². The Balaban J connectivity index is 1.67. The van der Waals surface area contributed by atoms with Crippen molar-refractivity contribution in [3.8, 4) is 11.5 Å². The number of nitrogens with zero attached hydrogens (tertiary/aromatic N) is 4. The fourth-order valence-electron chi connectivity index (χ4n) is 2.61. The van der Waals surface area contributed by atoms with Crippen LogP contribution in [0.2, 0.25) is 0 Å². The van der Waals surface area contributed by atoms with E-state index in [1.54, 1.807) is 23.9 Å². The first-order chi connectivity index (χ1) is 12.6. The van der Waals surface area contributed by atoms with Crippen molar-refractivity contribution in [3.05, 3.63) is 58.5 Å². The average molecular weight is 370 g/mol. The largest absolute Gasteiger partial charge is 0.411 e. The van der Waals surface area contributed by atoms with Gasteiger partial charge in [0.25, 0.3) is 10.8 Å². The molecule has 7 heteroatoms. The van der Waals surface area contributed by atoms with Gasteiger partial charge in [0.05, 0.1) is 0 Å². The number of thioether (sulfide) groups is 1. The summed E-state index contributed by atoms with van der Waals surface area (Å²) >= 11 is 1.42. The van der Waals surface area contributed by atoms with E-state index in [1.165, 1.54) is 17.4 Å². The van der Waals surface area contributed by atoms with Crippen LogP contribution in [-0.4, -0.2) is 27.9 Å². The quantitative estimate of drug-likeness (QED) is 0.593. The summed E-state index contributed by atoms with van der Waals surface area (Å²) in [6.07, 6.45) is 1.76. The molecule has 0 radical (unpaired) electrons. The van der Waals surface area contributed by atoms with Crippen molar-refractivity contribution in [1.29, 1.82) is 0 Å². The van der Waals surface area contributed by atoms with Gasteiger partial charge in [-0.25, -0.2) is 0 Å². The molecule has 0 unspecified atom stereocenters. The van der Waals surface area contributed by atoms with Crippen molar-refractivity contribution in [2.75, 3.05) is 18.0 Å². The summed E-state index contributed by atoms with van der Waals surface area (Å²) < 4.78 is 7.28. The van der Waals surface area contributed by atoms with Gasteiger partial charge in [0, 0.05) is 49.4 Å². The molecule has 0 aliphatic rings. The molecule has 0 atom stereocenters. The number of benzene rings is 1. The highest BCUT2D eigenvalue weighted by Gasteiger charge is 2.10. The smallest absolute Gasteiger partial charge is 0.277 e. The molecule has 1 aromatic carbocycles. The number of hydrogen-bond donors (Lipinski definition) is 0. The van der Waals surface area contributed by atoms with Crippen LogP contribution >= 0.6 is 11.8 Å². The van der Waals surface area contributed by atoms with Gasteiger partial charge in [-0.05, 0) is 49.7 Å². The minimum Gasteiger partial charge on any atom is -0.411 e. The van der Waals surface area contributed by atoms with Crippen LogP contribution in [0.15, 0.2) is 57.0 Å². The Kier molecular flexibility index (Phi) is 5.78. The Labute approximate surface area is 156 Å². The third-order valence-corrected chi connectivity index (χ3v) is 5.07. The van der Waals surface area contributed by atoms with Gasteiger partial charge in [0.2, 0.25) is 5.89 Å². The number of hydrogen-bond acceptors (Lipinski definition) is 6. The second-order valence-corrected chi connectivity index (χ2v) is 6.79. The van der Waals surface area contributed by atoms with Gasteiger partial charge in [-0.1, -0.05) is 11.8 Å². The number of aromatic nitrogens is 3. The summed E-state index contributed by atoms with van der Waals surface area (Å²) in [6.45, 7) is 6.22. The maximum Gasteiger partial charge on any atom is 0.277 e. The molecule has 3 rings (SSSR count). The van der Waals surface area contributed by atoms with Gasteiger partial charge in [0.1, 0.15) is 0 Å². The third kappa shape index (κ3) is 4.16. The first-order valence-electron chi connectivity index (χ1n) is 8.58. The van der Waals surface area contributed by atoms with Crippen LogP contribution in [0.3, 0.4) is 0 Å². The number of anilines is 1. The topological polar surface area (TPSA) is 64.2 Å². The van der Waals surface area contributed by atoms with Crippen molar-refractivity contribution in [2.24, 2.45) is 7.05 Å². The van der Waals surface area contributed by atoms with E-state index in [1.807, 2.05) is 18.2 Å². The van der Waals surface area contributed by atoms with E-state index in [0.29, 0.717) is 16.9 Å². The maximum atomic E-state index is 11.7. The number of aryl methyl sites for hydroxylation is 1. The van der Waals surface area contributed by atoms with E-state index in [0.717, 1.165) is 24.2 Å². The minimum absolute atomic E-state index is 0.0254. The first kappa shape index (κ1) is 18.3. The van der Waals surface area contributed by atoms with Crippen LogP contribution in [-0.2, 0) is 12.8 Å². The average Bonchev–Trinajstić information content (AvgIpc) is 3.13. The summed E-state index contributed by atoms with van der Waals surface area (Å²) in [5.41, 5.74) is 2.98. The number of pyridine rings is 1. The van der Waals surface area contributed by atoms with Gasteiger partial charge >= 0.3 is 0 Å². The second-order valence-electron chi connectivity index (χ2n) is 5.87. The van der Waals surface area contributed by atoms with Crippen LogP contribution in [0.1, 0.15) is 19.4 Å². The van der Waals surface area contributed by atoms with Gasteiger partial charge in [-0.2, -0.15) is 0 Å². The van der Waals surface area contributed by atoms with Gasteiger partial charge in [0.15, 0.2) is 0 Å². The molecule has 0 aliphatic heterocycles. The zero-order valence-corrected chi connectivity index (χ0v) is 16.0. The Hall–Kier alpha value is -2.54. The minimum atomic E-state index is -0.0254.